The Morgan fingerprint density at radius 3 is 2.52 bits per heavy atom. The quantitative estimate of drug-likeness (QED) is 0.942. The monoisotopic (exact) mass is 291 g/mol. The molecule has 0 aliphatic rings. The van der Waals surface area contributed by atoms with Crippen molar-refractivity contribution >= 4 is 11.6 Å². The summed E-state index contributed by atoms with van der Waals surface area (Å²) in [5.74, 6) is -2.05. The average molecular weight is 291 g/mol. The predicted octanol–water partition coefficient (Wildman–Crippen LogP) is 2.67. The number of benzene rings is 1. The van der Waals surface area contributed by atoms with Gasteiger partial charge in [-0.05, 0) is 23.8 Å². The zero-order valence-corrected chi connectivity index (χ0v) is 11.7. The maximum atomic E-state index is 13.7. The van der Waals surface area contributed by atoms with Crippen molar-refractivity contribution in [2.45, 2.75) is 6.54 Å². The third kappa shape index (κ3) is 3.34. The highest BCUT2D eigenvalue weighted by molar-refractivity contribution is 5.94. The predicted molar refractivity (Wildman–Crippen MR) is 75.9 cm³/mol. The summed E-state index contributed by atoms with van der Waals surface area (Å²) in [6, 6.07) is 5.63. The van der Waals surface area contributed by atoms with E-state index in [1.165, 1.54) is 11.9 Å². The standard InChI is InChI=1S/C15H15F2N3O/c1-18-14-12(16)6-11(7-13(14)17)15(21)20(2)9-10-4-3-5-19-8-10/h3-8,18H,9H2,1-2H3. The van der Waals surface area contributed by atoms with E-state index in [0.29, 0.717) is 6.54 Å². The Kier molecular flexibility index (Phi) is 4.47. The number of carbonyl (C=O) groups is 1. The minimum atomic E-state index is -0.796. The summed E-state index contributed by atoms with van der Waals surface area (Å²) in [5.41, 5.74) is 0.554. The number of halogens is 2. The second kappa shape index (κ2) is 6.30. The third-order valence-corrected chi connectivity index (χ3v) is 3.03. The lowest BCUT2D eigenvalue weighted by Gasteiger charge is -2.17. The van der Waals surface area contributed by atoms with E-state index >= 15 is 0 Å². The van der Waals surface area contributed by atoms with Crippen LogP contribution in [0.1, 0.15) is 15.9 Å². The Balaban J connectivity index is 2.20. The SMILES string of the molecule is CNc1c(F)cc(C(=O)N(C)Cc2cccnc2)cc1F. The molecule has 0 unspecified atom stereocenters. The van der Waals surface area contributed by atoms with Crippen molar-refractivity contribution in [1.29, 1.82) is 0 Å². The number of pyridine rings is 1. The lowest BCUT2D eigenvalue weighted by Crippen LogP contribution is -2.26. The number of anilines is 1. The van der Waals surface area contributed by atoms with E-state index < -0.39 is 17.5 Å². The van der Waals surface area contributed by atoms with Gasteiger partial charge < -0.3 is 10.2 Å². The largest absolute Gasteiger partial charge is 0.383 e. The number of aromatic nitrogens is 1. The molecule has 110 valence electrons. The molecule has 6 heteroatoms. The molecular weight excluding hydrogens is 276 g/mol. The molecular formula is C15H15F2N3O. The summed E-state index contributed by atoms with van der Waals surface area (Å²) < 4.78 is 27.4. The fourth-order valence-electron chi connectivity index (χ4n) is 1.99. The lowest BCUT2D eigenvalue weighted by atomic mass is 10.1. The van der Waals surface area contributed by atoms with E-state index in [9.17, 15) is 13.6 Å². The van der Waals surface area contributed by atoms with Crippen molar-refractivity contribution in [3.63, 3.8) is 0 Å². The molecule has 0 saturated heterocycles. The van der Waals surface area contributed by atoms with Crippen LogP contribution in [0.3, 0.4) is 0 Å². The van der Waals surface area contributed by atoms with Gasteiger partial charge in [0.2, 0.25) is 0 Å². The molecule has 0 saturated carbocycles. The van der Waals surface area contributed by atoms with Crippen molar-refractivity contribution in [3.05, 3.63) is 59.4 Å². The molecule has 1 aromatic heterocycles. The van der Waals surface area contributed by atoms with Gasteiger partial charge in [-0.3, -0.25) is 9.78 Å². The van der Waals surface area contributed by atoms with Crippen LogP contribution in [0.5, 0.6) is 0 Å². The second-order valence-electron chi connectivity index (χ2n) is 4.59. The zero-order valence-electron chi connectivity index (χ0n) is 11.7. The first-order valence-electron chi connectivity index (χ1n) is 6.34. The van der Waals surface area contributed by atoms with Gasteiger partial charge in [0.25, 0.3) is 5.91 Å². The Morgan fingerprint density at radius 1 is 1.33 bits per heavy atom. The lowest BCUT2D eigenvalue weighted by molar-refractivity contribution is 0.0784. The smallest absolute Gasteiger partial charge is 0.254 e. The van der Waals surface area contributed by atoms with Crippen LogP contribution in [-0.4, -0.2) is 29.9 Å². The molecule has 21 heavy (non-hydrogen) atoms. The first kappa shape index (κ1) is 14.9. The van der Waals surface area contributed by atoms with Crippen molar-refractivity contribution < 1.29 is 13.6 Å². The van der Waals surface area contributed by atoms with E-state index in [1.54, 1.807) is 25.5 Å². The van der Waals surface area contributed by atoms with Gasteiger partial charge in [0.1, 0.15) is 17.3 Å². The second-order valence-corrected chi connectivity index (χ2v) is 4.59. The highest BCUT2D eigenvalue weighted by atomic mass is 19.1. The summed E-state index contributed by atoms with van der Waals surface area (Å²) in [5, 5.41) is 2.42. The van der Waals surface area contributed by atoms with Crippen LogP contribution in [0.15, 0.2) is 36.7 Å². The summed E-state index contributed by atoms with van der Waals surface area (Å²) in [4.78, 5) is 17.5. The number of rotatable bonds is 4. The Bertz CT molecular complexity index is 624. The Morgan fingerprint density at radius 2 is 2.00 bits per heavy atom. The fourth-order valence-corrected chi connectivity index (χ4v) is 1.99. The van der Waals surface area contributed by atoms with Gasteiger partial charge >= 0.3 is 0 Å². The summed E-state index contributed by atoms with van der Waals surface area (Å²) in [6.07, 6.45) is 3.27. The van der Waals surface area contributed by atoms with Crippen LogP contribution >= 0.6 is 0 Å². The summed E-state index contributed by atoms with van der Waals surface area (Å²) >= 11 is 0. The minimum absolute atomic E-state index is 0.0320. The van der Waals surface area contributed by atoms with Gasteiger partial charge in [0, 0.05) is 38.6 Å². The van der Waals surface area contributed by atoms with Crippen LogP contribution < -0.4 is 5.32 Å². The average Bonchev–Trinajstić information content (AvgIpc) is 2.47. The third-order valence-electron chi connectivity index (χ3n) is 3.03. The van der Waals surface area contributed by atoms with E-state index in [0.717, 1.165) is 17.7 Å². The van der Waals surface area contributed by atoms with Crippen LogP contribution in [0.2, 0.25) is 0 Å². The first-order valence-corrected chi connectivity index (χ1v) is 6.34. The van der Waals surface area contributed by atoms with Gasteiger partial charge in [-0.1, -0.05) is 6.07 Å². The van der Waals surface area contributed by atoms with E-state index in [4.69, 9.17) is 0 Å². The molecule has 2 rings (SSSR count). The van der Waals surface area contributed by atoms with E-state index in [2.05, 4.69) is 10.3 Å². The molecule has 0 spiro atoms. The normalized spacial score (nSPS) is 10.3. The molecule has 1 N–H and O–H groups in total. The number of carbonyl (C=O) groups excluding carboxylic acids is 1. The topological polar surface area (TPSA) is 45.2 Å². The molecule has 0 aliphatic heterocycles. The van der Waals surface area contributed by atoms with Crippen molar-refractivity contribution in [1.82, 2.24) is 9.88 Å². The highest BCUT2D eigenvalue weighted by Gasteiger charge is 2.17. The number of nitrogens with one attached hydrogen (secondary N) is 1. The Hall–Kier alpha value is -2.50. The molecule has 0 atom stereocenters. The maximum Gasteiger partial charge on any atom is 0.254 e. The molecule has 0 fully saturated rings. The molecule has 1 heterocycles. The van der Waals surface area contributed by atoms with Crippen molar-refractivity contribution in [2.75, 3.05) is 19.4 Å². The van der Waals surface area contributed by atoms with Gasteiger partial charge in [0.15, 0.2) is 0 Å². The van der Waals surface area contributed by atoms with Crippen LogP contribution in [0.4, 0.5) is 14.5 Å². The molecule has 0 aliphatic carbocycles. The van der Waals surface area contributed by atoms with Crippen LogP contribution in [0, 0.1) is 11.6 Å². The number of amides is 1. The van der Waals surface area contributed by atoms with Crippen molar-refractivity contribution in [2.24, 2.45) is 0 Å². The maximum absolute atomic E-state index is 13.7. The van der Waals surface area contributed by atoms with Crippen LogP contribution in [0.25, 0.3) is 0 Å². The van der Waals surface area contributed by atoms with Gasteiger partial charge in [0.05, 0.1) is 0 Å². The molecule has 0 bridgehead atoms. The Labute approximate surface area is 121 Å². The number of nitrogens with zero attached hydrogens (tertiary/aromatic N) is 2. The highest BCUT2D eigenvalue weighted by Crippen LogP contribution is 2.21. The molecule has 2 aromatic rings. The minimum Gasteiger partial charge on any atom is -0.383 e. The van der Waals surface area contributed by atoms with E-state index in [-0.39, 0.29) is 11.3 Å². The molecule has 1 amide bonds. The number of hydrogen-bond acceptors (Lipinski definition) is 3. The number of hydrogen-bond donors (Lipinski definition) is 1. The first-order chi connectivity index (χ1) is 10.0. The van der Waals surface area contributed by atoms with Gasteiger partial charge in [-0.2, -0.15) is 0 Å². The fraction of sp³-hybridized carbons (Fsp3) is 0.200. The summed E-state index contributed by atoms with van der Waals surface area (Å²) in [7, 11) is 2.98. The molecule has 0 radical (unpaired) electrons. The molecule has 1 aromatic carbocycles. The van der Waals surface area contributed by atoms with Gasteiger partial charge in [-0.25, -0.2) is 8.78 Å². The molecule has 4 nitrogen and oxygen atoms in total. The zero-order chi connectivity index (χ0) is 15.4. The van der Waals surface area contributed by atoms with Crippen molar-refractivity contribution in [3.8, 4) is 0 Å². The van der Waals surface area contributed by atoms with Gasteiger partial charge in [-0.15, -0.1) is 0 Å². The summed E-state index contributed by atoms with van der Waals surface area (Å²) in [6.45, 7) is 0.309. The van der Waals surface area contributed by atoms with Crippen LogP contribution in [-0.2, 0) is 6.54 Å². The van der Waals surface area contributed by atoms with E-state index in [1.807, 2.05) is 6.07 Å².